The summed E-state index contributed by atoms with van der Waals surface area (Å²) in [5.74, 6) is -0.427. The maximum Gasteiger partial charge on any atom is 0.306 e. The Labute approximate surface area is 360 Å². The molecule has 0 fully saturated rings. The van der Waals surface area contributed by atoms with E-state index in [2.05, 4.69) is 81.5 Å². The molecule has 1 atom stereocenters. The molecule has 0 saturated carbocycles. The average molecular weight is 811 g/mol. The predicted molar refractivity (Wildman–Crippen MR) is 251 cm³/mol. The first-order chi connectivity index (χ1) is 28.6. The van der Waals surface area contributed by atoms with Crippen LogP contribution in [0.1, 0.15) is 239 Å². The second kappa shape index (κ2) is 49.0. The fourth-order valence-electron chi connectivity index (χ4n) is 6.86. The second-order valence-electron chi connectivity index (χ2n) is 16.3. The summed E-state index contributed by atoms with van der Waals surface area (Å²) in [7, 11) is 0. The SMILES string of the molecule is CC/C=C\C/C=C\C/C=C\C/C=C\CCCOCC(COC(=O)CCCCCCCCCCC/C=C\CCCCCCCC)OC(=O)CCCCCCCCCCC. The Bertz CT molecular complexity index is 1010. The van der Waals surface area contributed by atoms with E-state index >= 15 is 0 Å². The Morgan fingerprint density at radius 1 is 0.397 bits per heavy atom. The highest BCUT2D eigenvalue weighted by Gasteiger charge is 2.17. The van der Waals surface area contributed by atoms with Crippen LogP contribution in [0.3, 0.4) is 0 Å². The number of unbranched alkanes of at least 4 members (excludes halogenated alkanes) is 24. The van der Waals surface area contributed by atoms with Crippen LogP contribution in [0.5, 0.6) is 0 Å². The van der Waals surface area contributed by atoms with Gasteiger partial charge in [0, 0.05) is 19.4 Å². The topological polar surface area (TPSA) is 61.8 Å². The van der Waals surface area contributed by atoms with Crippen LogP contribution in [0.15, 0.2) is 60.8 Å². The summed E-state index contributed by atoms with van der Waals surface area (Å²) < 4.78 is 17.3. The van der Waals surface area contributed by atoms with Crippen LogP contribution >= 0.6 is 0 Å². The number of hydrogen-bond donors (Lipinski definition) is 0. The van der Waals surface area contributed by atoms with Crippen LogP contribution in [0.2, 0.25) is 0 Å². The minimum atomic E-state index is -0.562. The number of hydrogen-bond acceptors (Lipinski definition) is 5. The zero-order valence-electron chi connectivity index (χ0n) is 38.6. The standard InChI is InChI=1S/C53H94O5/c1-4-7-10-13-16-19-21-23-25-26-27-28-29-30-32-35-37-40-43-46-52(54)57-50-51(58-53(55)47-44-41-38-34-18-15-12-9-6-3)49-56-48-45-42-39-36-33-31-24-22-20-17-14-11-8-5-2/h8,11,17,20,23-25,31,36,39,51H,4-7,9-10,12-16,18-19,21-22,26-30,32-35,37-38,40-50H2,1-3H3/b11-8-,20-17-,25-23-,31-24-,39-36-. The van der Waals surface area contributed by atoms with Crippen LogP contribution in [0.25, 0.3) is 0 Å². The lowest BCUT2D eigenvalue weighted by Gasteiger charge is -2.18. The predicted octanol–water partition coefficient (Wildman–Crippen LogP) is 16.6. The van der Waals surface area contributed by atoms with Gasteiger partial charge in [-0.05, 0) is 77.0 Å². The number of ether oxygens (including phenoxy) is 3. The third-order valence-electron chi connectivity index (χ3n) is 10.5. The molecule has 336 valence electrons. The molecule has 0 heterocycles. The van der Waals surface area contributed by atoms with Gasteiger partial charge in [-0.3, -0.25) is 9.59 Å². The van der Waals surface area contributed by atoms with E-state index in [4.69, 9.17) is 14.2 Å². The van der Waals surface area contributed by atoms with Gasteiger partial charge in [-0.2, -0.15) is 0 Å². The van der Waals surface area contributed by atoms with Crippen molar-refractivity contribution in [2.45, 2.75) is 245 Å². The lowest BCUT2D eigenvalue weighted by molar-refractivity contribution is -0.163. The number of allylic oxidation sites excluding steroid dienone is 10. The largest absolute Gasteiger partial charge is 0.462 e. The Morgan fingerprint density at radius 2 is 0.776 bits per heavy atom. The van der Waals surface area contributed by atoms with E-state index < -0.39 is 6.10 Å². The van der Waals surface area contributed by atoms with Crippen molar-refractivity contribution in [2.24, 2.45) is 0 Å². The summed E-state index contributed by atoms with van der Waals surface area (Å²) in [4.78, 5) is 25.3. The van der Waals surface area contributed by atoms with Gasteiger partial charge in [0.25, 0.3) is 0 Å². The average Bonchev–Trinajstić information content (AvgIpc) is 3.22. The molecule has 0 aliphatic rings. The quantitative estimate of drug-likeness (QED) is 0.0348. The summed E-state index contributed by atoms with van der Waals surface area (Å²) in [5.41, 5.74) is 0. The third-order valence-corrected chi connectivity index (χ3v) is 10.5. The second-order valence-corrected chi connectivity index (χ2v) is 16.3. The molecule has 58 heavy (non-hydrogen) atoms. The van der Waals surface area contributed by atoms with Crippen molar-refractivity contribution in [2.75, 3.05) is 19.8 Å². The first-order valence-corrected chi connectivity index (χ1v) is 24.8. The van der Waals surface area contributed by atoms with E-state index in [0.717, 1.165) is 64.2 Å². The molecule has 0 aliphatic carbocycles. The van der Waals surface area contributed by atoms with Gasteiger partial charge in [0.1, 0.15) is 6.61 Å². The first-order valence-electron chi connectivity index (χ1n) is 24.8. The molecule has 0 radical (unpaired) electrons. The van der Waals surface area contributed by atoms with E-state index in [9.17, 15) is 9.59 Å². The van der Waals surface area contributed by atoms with Crippen molar-refractivity contribution in [3.63, 3.8) is 0 Å². The molecular formula is C53H94O5. The zero-order valence-corrected chi connectivity index (χ0v) is 38.6. The van der Waals surface area contributed by atoms with Gasteiger partial charge in [0.15, 0.2) is 6.10 Å². The van der Waals surface area contributed by atoms with Crippen LogP contribution < -0.4 is 0 Å². The number of carbonyl (C=O) groups excluding carboxylic acids is 2. The van der Waals surface area contributed by atoms with E-state index in [1.54, 1.807) is 0 Å². The van der Waals surface area contributed by atoms with Crippen molar-refractivity contribution in [1.29, 1.82) is 0 Å². The molecule has 0 aromatic rings. The molecule has 0 saturated heterocycles. The molecule has 0 amide bonds. The molecule has 5 heteroatoms. The fourth-order valence-corrected chi connectivity index (χ4v) is 6.86. The highest BCUT2D eigenvalue weighted by molar-refractivity contribution is 5.70. The maximum atomic E-state index is 12.7. The lowest BCUT2D eigenvalue weighted by atomic mass is 10.1. The van der Waals surface area contributed by atoms with Gasteiger partial charge in [-0.15, -0.1) is 0 Å². The summed E-state index contributed by atoms with van der Waals surface area (Å²) >= 11 is 0. The van der Waals surface area contributed by atoms with Crippen molar-refractivity contribution in [1.82, 2.24) is 0 Å². The minimum Gasteiger partial charge on any atom is -0.462 e. The van der Waals surface area contributed by atoms with Crippen molar-refractivity contribution in [3.8, 4) is 0 Å². The molecule has 0 aromatic carbocycles. The number of carbonyl (C=O) groups is 2. The van der Waals surface area contributed by atoms with E-state index in [-0.39, 0.29) is 25.2 Å². The Morgan fingerprint density at radius 3 is 1.26 bits per heavy atom. The minimum absolute atomic E-state index is 0.0636. The summed E-state index contributed by atoms with van der Waals surface area (Å²) in [5, 5.41) is 0. The van der Waals surface area contributed by atoms with E-state index in [1.807, 2.05) is 0 Å². The molecule has 0 bridgehead atoms. The third kappa shape index (κ3) is 46.3. The van der Waals surface area contributed by atoms with Crippen molar-refractivity contribution < 1.29 is 23.8 Å². The lowest BCUT2D eigenvalue weighted by Crippen LogP contribution is -2.30. The van der Waals surface area contributed by atoms with Crippen LogP contribution in [0.4, 0.5) is 0 Å². The molecule has 0 N–H and O–H groups in total. The first kappa shape index (κ1) is 55.6. The van der Waals surface area contributed by atoms with Gasteiger partial charge in [-0.1, -0.05) is 210 Å². The Balaban J connectivity index is 4.22. The maximum absolute atomic E-state index is 12.7. The van der Waals surface area contributed by atoms with E-state index in [0.29, 0.717) is 19.4 Å². The number of esters is 2. The molecular weight excluding hydrogens is 717 g/mol. The van der Waals surface area contributed by atoms with Crippen molar-refractivity contribution in [3.05, 3.63) is 60.8 Å². The van der Waals surface area contributed by atoms with E-state index in [1.165, 1.54) is 141 Å². The molecule has 0 aromatic heterocycles. The number of rotatable bonds is 45. The molecule has 1 unspecified atom stereocenters. The van der Waals surface area contributed by atoms with Gasteiger partial charge in [0.05, 0.1) is 6.61 Å². The highest BCUT2D eigenvalue weighted by atomic mass is 16.6. The highest BCUT2D eigenvalue weighted by Crippen LogP contribution is 2.14. The van der Waals surface area contributed by atoms with Gasteiger partial charge >= 0.3 is 11.9 Å². The Hall–Kier alpha value is -2.40. The smallest absolute Gasteiger partial charge is 0.306 e. The van der Waals surface area contributed by atoms with Crippen LogP contribution in [0, 0.1) is 0 Å². The van der Waals surface area contributed by atoms with Crippen LogP contribution in [-0.2, 0) is 23.8 Å². The van der Waals surface area contributed by atoms with Gasteiger partial charge < -0.3 is 14.2 Å². The normalized spacial score (nSPS) is 12.7. The monoisotopic (exact) mass is 811 g/mol. The van der Waals surface area contributed by atoms with Gasteiger partial charge in [0.2, 0.25) is 0 Å². The summed E-state index contributed by atoms with van der Waals surface area (Å²) in [6.07, 6.45) is 61.0. The molecule has 0 spiro atoms. The summed E-state index contributed by atoms with van der Waals surface area (Å²) in [6.45, 7) is 7.57. The molecule has 0 rings (SSSR count). The zero-order chi connectivity index (χ0) is 42.1. The van der Waals surface area contributed by atoms with Crippen molar-refractivity contribution >= 4 is 11.9 Å². The Kier molecular flexibility index (Phi) is 46.9. The fraction of sp³-hybridized carbons (Fsp3) is 0.774. The van der Waals surface area contributed by atoms with Gasteiger partial charge in [-0.25, -0.2) is 0 Å². The molecule has 5 nitrogen and oxygen atoms in total. The van der Waals surface area contributed by atoms with Crippen LogP contribution in [-0.4, -0.2) is 37.9 Å². The summed E-state index contributed by atoms with van der Waals surface area (Å²) in [6, 6.07) is 0. The molecule has 0 aliphatic heterocycles.